The topological polar surface area (TPSA) is 89.9 Å². The van der Waals surface area contributed by atoms with E-state index in [4.69, 9.17) is 14.2 Å². The van der Waals surface area contributed by atoms with Gasteiger partial charge in [0, 0.05) is 10.9 Å². The van der Waals surface area contributed by atoms with Crippen molar-refractivity contribution < 1.29 is 24.1 Å². The highest BCUT2D eigenvalue weighted by Crippen LogP contribution is 2.41. The van der Waals surface area contributed by atoms with E-state index in [1.807, 2.05) is 31.4 Å². The Morgan fingerprint density at radius 3 is 2.36 bits per heavy atom. The van der Waals surface area contributed by atoms with E-state index < -0.39 is 0 Å². The summed E-state index contributed by atoms with van der Waals surface area (Å²) in [6.45, 7) is 3.96. The molecule has 0 aliphatic rings. The first-order valence-corrected chi connectivity index (χ1v) is 10.00. The largest absolute Gasteiger partial charge is 0.493 e. The maximum Gasteiger partial charge on any atom is 0.226 e. The van der Waals surface area contributed by atoms with Crippen LogP contribution in [0.1, 0.15) is 26.0 Å². The first-order valence-electron chi connectivity index (χ1n) is 9.12. The number of nitrogens with one attached hydrogen (secondary N) is 1. The first-order chi connectivity index (χ1) is 13.5. The predicted octanol–water partition coefficient (Wildman–Crippen LogP) is 2.90. The fourth-order valence-corrected chi connectivity index (χ4v) is 3.61. The van der Waals surface area contributed by atoms with Crippen molar-refractivity contribution in [2.45, 2.75) is 32.7 Å². The summed E-state index contributed by atoms with van der Waals surface area (Å²) in [6, 6.07) is 3.41. The van der Waals surface area contributed by atoms with E-state index >= 15 is 0 Å². The summed E-state index contributed by atoms with van der Waals surface area (Å²) in [5.41, 5.74) is 1.49. The summed E-state index contributed by atoms with van der Waals surface area (Å²) in [5.74, 6) is 1.67. The van der Waals surface area contributed by atoms with Crippen molar-refractivity contribution in [3.8, 4) is 27.8 Å². The van der Waals surface area contributed by atoms with Crippen LogP contribution in [-0.2, 0) is 11.2 Å². The van der Waals surface area contributed by atoms with E-state index in [-0.39, 0.29) is 30.9 Å². The number of aliphatic hydroxyl groups is 1. The van der Waals surface area contributed by atoms with Gasteiger partial charge >= 0.3 is 0 Å². The van der Waals surface area contributed by atoms with E-state index in [1.165, 1.54) is 11.3 Å². The second-order valence-corrected chi connectivity index (χ2v) is 7.34. The summed E-state index contributed by atoms with van der Waals surface area (Å²) in [7, 11) is 4.68. The summed E-state index contributed by atoms with van der Waals surface area (Å²) < 4.78 is 16.1. The summed E-state index contributed by atoms with van der Waals surface area (Å²) in [4.78, 5) is 16.9. The molecule has 0 aliphatic carbocycles. The van der Waals surface area contributed by atoms with Gasteiger partial charge in [-0.25, -0.2) is 4.98 Å². The molecule has 0 radical (unpaired) electrons. The average Bonchev–Trinajstić information content (AvgIpc) is 3.18. The number of rotatable bonds is 10. The number of benzene rings is 1. The minimum atomic E-state index is -0.245. The fourth-order valence-electron chi connectivity index (χ4n) is 2.80. The number of thiazole rings is 1. The molecule has 0 bridgehead atoms. The van der Waals surface area contributed by atoms with Crippen molar-refractivity contribution in [3.05, 3.63) is 23.2 Å². The van der Waals surface area contributed by atoms with Crippen LogP contribution in [0, 0.1) is 5.92 Å². The standard InChI is InChI=1S/C20H28N2O5S/c1-6-12(2)15(10-23)22-18(24)9-14-11-28-20(21-14)13-7-16(25-3)19(27-5)17(8-13)26-4/h7-8,11-12,15,23H,6,9-10H2,1-5H3,(H,22,24)/t12-,15-/m1/s1. The van der Waals surface area contributed by atoms with Crippen LogP contribution < -0.4 is 19.5 Å². The molecule has 28 heavy (non-hydrogen) atoms. The highest BCUT2D eigenvalue weighted by Gasteiger charge is 2.19. The van der Waals surface area contributed by atoms with E-state index in [1.54, 1.807) is 21.3 Å². The van der Waals surface area contributed by atoms with Crippen LogP contribution in [0.4, 0.5) is 0 Å². The monoisotopic (exact) mass is 408 g/mol. The summed E-state index contributed by atoms with van der Waals surface area (Å²) >= 11 is 1.44. The van der Waals surface area contributed by atoms with E-state index in [0.717, 1.165) is 17.0 Å². The molecule has 7 nitrogen and oxygen atoms in total. The molecule has 1 amide bonds. The van der Waals surface area contributed by atoms with Crippen molar-refractivity contribution >= 4 is 17.2 Å². The van der Waals surface area contributed by atoms with E-state index in [9.17, 15) is 9.90 Å². The minimum absolute atomic E-state index is 0.0749. The number of carbonyl (C=O) groups excluding carboxylic acids is 1. The van der Waals surface area contributed by atoms with Crippen molar-refractivity contribution in [2.75, 3.05) is 27.9 Å². The highest BCUT2D eigenvalue weighted by atomic mass is 32.1. The van der Waals surface area contributed by atoms with Gasteiger partial charge in [0.15, 0.2) is 11.5 Å². The van der Waals surface area contributed by atoms with Crippen molar-refractivity contribution in [1.29, 1.82) is 0 Å². The van der Waals surface area contributed by atoms with Gasteiger partial charge in [0.1, 0.15) is 5.01 Å². The molecule has 0 spiro atoms. The maximum atomic E-state index is 12.3. The molecule has 8 heteroatoms. The lowest BCUT2D eigenvalue weighted by molar-refractivity contribution is -0.121. The Balaban J connectivity index is 2.17. The predicted molar refractivity (Wildman–Crippen MR) is 109 cm³/mol. The number of amides is 1. The number of nitrogens with zero attached hydrogens (tertiary/aromatic N) is 1. The smallest absolute Gasteiger partial charge is 0.226 e. The maximum absolute atomic E-state index is 12.3. The lowest BCUT2D eigenvalue weighted by atomic mass is 10.00. The van der Waals surface area contributed by atoms with Crippen LogP contribution in [0.25, 0.3) is 10.6 Å². The molecule has 1 heterocycles. The Bertz CT molecular complexity index is 768. The average molecular weight is 409 g/mol. The lowest BCUT2D eigenvalue weighted by Crippen LogP contribution is -2.42. The third kappa shape index (κ3) is 5.14. The van der Waals surface area contributed by atoms with Gasteiger partial charge in [0.2, 0.25) is 11.7 Å². The second-order valence-electron chi connectivity index (χ2n) is 6.48. The van der Waals surface area contributed by atoms with Gasteiger partial charge < -0.3 is 24.6 Å². The molecule has 0 aliphatic heterocycles. The number of aliphatic hydroxyl groups excluding tert-OH is 1. The van der Waals surface area contributed by atoms with Crippen LogP contribution in [0.15, 0.2) is 17.5 Å². The number of methoxy groups -OCH3 is 3. The third-order valence-electron chi connectivity index (χ3n) is 4.68. The molecule has 2 atom stereocenters. The minimum Gasteiger partial charge on any atom is -0.493 e. The first kappa shape index (κ1) is 22.0. The van der Waals surface area contributed by atoms with Gasteiger partial charge in [-0.05, 0) is 18.1 Å². The normalized spacial score (nSPS) is 12.9. The molecular formula is C20H28N2O5S. The Kier molecular flexibility index (Phi) is 8.07. The SMILES string of the molecule is CC[C@@H](C)[C@@H](CO)NC(=O)Cc1csc(-c2cc(OC)c(OC)c(OC)c2)n1. The molecule has 1 aromatic heterocycles. The van der Waals surface area contributed by atoms with Gasteiger partial charge in [0.05, 0.1) is 46.1 Å². The van der Waals surface area contributed by atoms with E-state index in [2.05, 4.69) is 10.3 Å². The summed E-state index contributed by atoms with van der Waals surface area (Å²) in [6.07, 6.45) is 1.04. The fraction of sp³-hybridized carbons (Fsp3) is 0.500. The number of hydrogen-bond donors (Lipinski definition) is 2. The molecule has 1 aromatic carbocycles. The molecular weight excluding hydrogens is 380 g/mol. The van der Waals surface area contributed by atoms with Crippen molar-refractivity contribution in [2.24, 2.45) is 5.92 Å². The van der Waals surface area contributed by atoms with Crippen LogP contribution in [0.2, 0.25) is 0 Å². The molecule has 0 unspecified atom stereocenters. The Hall–Kier alpha value is -2.32. The van der Waals surface area contributed by atoms with Crippen LogP contribution in [-0.4, -0.2) is 50.0 Å². The Labute approximate surface area is 169 Å². The van der Waals surface area contributed by atoms with Crippen LogP contribution in [0.5, 0.6) is 17.2 Å². The van der Waals surface area contributed by atoms with Crippen LogP contribution >= 0.6 is 11.3 Å². The zero-order chi connectivity index (χ0) is 20.7. The third-order valence-corrected chi connectivity index (χ3v) is 5.62. The number of aromatic nitrogens is 1. The molecule has 2 rings (SSSR count). The number of carbonyl (C=O) groups is 1. The van der Waals surface area contributed by atoms with Crippen LogP contribution in [0.3, 0.4) is 0 Å². The van der Waals surface area contributed by atoms with E-state index in [0.29, 0.717) is 22.9 Å². The van der Waals surface area contributed by atoms with Gasteiger partial charge in [-0.2, -0.15) is 0 Å². The van der Waals surface area contributed by atoms with Crippen molar-refractivity contribution in [1.82, 2.24) is 10.3 Å². The Morgan fingerprint density at radius 2 is 1.86 bits per heavy atom. The van der Waals surface area contributed by atoms with Gasteiger partial charge in [-0.15, -0.1) is 11.3 Å². The molecule has 2 N–H and O–H groups in total. The molecule has 2 aromatic rings. The van der Waals surface area contributed by atoms with Gasteiger partial charge in [-0.1, -0.05) is 20.3 Å². The molecule has 0 fully saturated rings. The Morgan fingerprint density at radius 1 is 1.21 bits per heavy atom. The zero-order valence-corrected chi connectivity index (χ0v) is 17.8. The summed E-state index contributed by atoms with van der Waals surface area (Å²) in [5, 5.41) is 15.0. The lowest BCUT2D eigenvalue weighted by Gasteiger charge is -2.21. The van der Waals surface area contributed by atoms with Crippen molar-refractivity contribution in [3.63, 3.8) is 0 Å². The number of hydrogen-bond acceptors (Lipinski definition) is 7. The quantitative estimate of drug-likeness (QED) is 0.628. The second kappa shape index (κ2) is 10.3. The highest BCUT2D eigenvalue weighted by molar-refractivity contribution is 7.13. The molecule has 0 saturated heterocycles. The van der Waals surface area contributed by atoms with Gasteiger partial charge in [-0.3, -0.25) is 4.79 Å². The zero-order valence-electron chi connectivity index (χ0n) is 16.9. The molecule has 154 valence electrons. The van der Waals surface area contributed by atoms with Gasteiger partial charge in [0.25, 0.3) is 0 Å². The number of ether oxygens (including phenoxy) is 3. The molecule has 0 saturated carbocycles.